The Bertz CT molecular complexity index is 1110. The van der Waals surface area contributed by atoms with Crippen LogP contribution in [-0.2, 0) is 27.9 Å². The van der Waals surface area contributed by atoms with Gasteiger partial charge in [0.15, 0.2) is 0 Å². The van der Waals surface area contributed by atoms with Crippen molar-refractivity contribution in [2.24, 2.45) is 11.0 Å². The Morgan fingerprint density at radius 1 is 1.28 bits per heavy atom. The lowest BCUT2D eigenvalue weighted by atomic mass is 10.1. The predicted molar refractivity (Wildman–Crippen MR) is 130 cm³/mol. The molecule has 1 aromatic rings. The number of nitrogens with one attached hydrogen (secondary N) is 2. The number of aryl methyl sites for hydroxylation is 1. The third-order valence-electron chi connectivity index (χ3n) is 5.17. The summed E-state index contributed by atoms with van der Waals surface area (Å²) in [7, 11) is -3.85. The van der Waals surface area contributed by atoms with Crippen LogP contribution in [0.3, 0.4) is 0 Å². The molecule has 0 aromatic carbocycles. The molecule has 202 valence electrons. The van der Waals surface area contributed by atoms with Gasteiger partial charge in [-0.3, -0.25) is 28.2 Å². The van der Waals surface area contributed by atoms with Gasteiger partial charge in [-0.15, -0.1) is 0 Å². The van der Waals surface area contributed by atoms with Crippen molar-refractivity contribution in [1.29, 1.82) is 0 Å². The summed E-state index contributed by atoms with van der Waals surface area (Å²) >= 11 is 0. The van der Waals surface area contributed by atoms with Gasteiger partial charge >= 0.3 is 19.4 Å². The van der Waals surface area contributed by atoms with Crippen LogP contribution < -0.4 is 16.3 Å². The molecule has 4 atom stereocenters. The number of rotatable bonds is 12. The fourth-order valence-electron chi connectivity index (χ4n) is 3.56. The van der Waals surface area contributed by atoms with Crippen molar-refractivity contribution in [3.05, 3.63) is 43.0 Å². The molecule has 0 saturated carbocycles. The molecule has 0 aliphatic carbocycles. The van der Waals surface area contributed by atoms with Crippen molar-refractivity contribution in [1.82, 2.24) is 14.6 Å². The minimum absolute atomic E-state index is 0.128. The number of H-pyrrole nitrogens is 1. The molecule has 2 N–H and O–H groups in total. The van der Waals surface area contributed by atoms with Gasteiger partial charge in [-0.25, -0.2) is 14.4 Å². The SMILES string of the molecule is Cc1cn([C@H]2C[C@H](N=[N+]=[N-])[C@@H](COC(=O)[C@@H](NP(=O)(OC(C)C)OC(C)C)C(C)C)O2)c(=O)[nH]c1=O. The smallest absolute Gasteiger partial charge is 0.406 e. The maximum absolute atomic E-state index is 13.2. The van der Waals surface area contributed by atoms with Crippen LogP contribution in [0.25, 0.3) is 10.4 Å². The zero-order valence-corrected chi connectivity index (χ0v) is 22.4. The largest absolute Gasteiger partial charge is 0.462 e. The van der Waals surface area contributed by atoms with E-state index in [0.29, 0.717) is 5.56 Å². The summed E-state index contributed by atoms with van der Waals surface area (Å²) in [5.74, 6) is -1.07. The van der Waals surface area contributed by atoms with E-state index in [0.717, 1.165) is 0 Å². The minimum Gasteiger partial charge on any atom is -0.462 e. The molecule has 0 amide bonds. The van der Waals surface area contributed by atoms with Crippen LogP contribution >= 0.6 is 7.75 Å². The standard InChI is InChI=1S/C21H35N6O8P/c1-11(2)18(25-36(31,34-12(3)4)35-13(5)6)20(29)32-10-16-15(24-26-22)8-17(33-16)27-9-14(7)19(28)23-21(27)30/h9,11-13,15-18H,8,10H2,1-7H3,(H,25,31)(H,23,28,30)/t15-,16+,17+,18-/m0/s1. The zero-order chi connectivity index (χ0) is 27.2. The molecule has 1 aliphatic rings. The summed E-state index contributed by atoms with van der Waals surface area (Å²) in [5, 5.41) is 6.40. The van der Waals surface area contributed by atoms with E-state index in [-0.39, 0.29) is 18.9 Å². The van der Waals surface area contributed by atoms with Gasteiger partial charge in [0.2, 0.25) is 0 Å². The summed E-state index contributed by atoms with van der Waals surface area (Å²) in [5.41, 5.74) is 8.07. The van der Waals surface area contributed by atoms with E-state index >= 15 is 0 Å². The lowest BCUT2D eigenvalue weighted by Gasteiger charge is -2.29. The zero-order valence-electron chi connectivity index (χ0n) is 21.5. The number of aromatic nitrogens is 2. The Balaban J connectivity index is 2.17. The first kappa shape index (κ1) is 29.8. The molecule has 2 heterocycles. The Hall–Kier alpha value is -2.47. The van der Waals surface area contributed by atoms with Crippen LogP contribution in [0, 0.1) is 12.8 Å². The molecule has 0 bridgehead atoms. The first-order chi connectivity index (χ1) is 16.8. The number of hydrogen-bond acceptors (Lipinski definition) is 9. The molecule has 0 spiro atoms. The number of carbonyl (C=O) groups is 1. The summed E-state index contributed by atoms with van der Waals surface area (Å²) in [6, 6.07) is -1.77. The van der Waals surface area contributed by atoms with Crippen LogP contribution in [0.2, 0.25) is 0 Å². The Kier molecular flexibility index (Phi) is 10.5. The van der Waals surface area contributed by atoms with Crippen LogP contribution in [0.5, 0.6) is 0 Å². The van der Waals surface area contributed by atoms with Crippen LogP contribution in [-0.4, -0.2) is 52.5 Å². The molecule has 14 nitrogen and oxygen atoms in total. The fraction of sp³-hybridized carbons (Fsp3) is 0.762. The molecule has 36 heavy (non-hydrogen) atoms. The van der Waals surface area contributed by atoms with Gasteiger partial charge in [0.25, 0.3) is 5.56 Å². The molecule has 1 aliphatic heterocycles. The summed E-state index contributed by atoms with van der Waals surface area (Å²) in [4.78, 5) is 41.9. The lowest BCUT2D eigenvalue weighted by molar-refractivity contribution is -0.152. The Morgan fingerprint density at radius 2 is 1.89 bits per heavy atom. The quantitative estimate of drug-likeness (QED) is 0.135. The topological polar surface area (TPSA) is 187 Å². The highest BCUT2D eigenvalue weighted by Gasteiger charge is 2.40. The fourth-order valence-corrected chi connectivity index (χ4v) is 5.59. The monoisotopic (exact) mass is 530 g/mol. The molecular weight excluding hydrogens is 495 g/mol. The minimum atomic E-state index is -3.85. The average Bonchev–Trinajstić information content (AvgIpc) is 3.14. The van der Waals surface area contributed by atoms with E-state index in [4.69, 9.17) is 24.1 Å². The normalized spacial score (nSPS) is 21.1. The first-order valence-electron chi connectivity index (χ1n) is 11.7. The van der Waals surface area contributed by atoms with E-state index in [2.05, 4.69) is 20.1 Å². The van der Waals surface area contributed by atoms with Crippen molar-refractivity contribution in [3.63, 3.8) is 0 Å². The maximum Gasteiger partial charge on any atom is 0.406 e. The second-order valence-corrected chi connectivity index (χ2v) is 11.1. The number of azide groups is 1. The highest BCUT2D eigenvalue weighted by Crippen LogP contribution is 2.47. The van der Waals surface area contributed by atoms with Gasteiger partial charge in [-0.2, -0.15) is 0 Å². The van der Waals surface area contributed by atoms with Crippen LogP contribution in [0.1, 0.15) is 59.8 Å². The second kappa shape index (κ2) is 12.7. The third kappa shape index (κ3) is 8.02. The molecule has 1 saturated heterocycles. The van der Waals surface area contributed by atoms with Crippen molar-refractivity contribution in [3.8, 4) is 0 Å². The molecule has 0 unspecified atom stereocenters. The number of carbonyl (C=O) groups excluding carboxylic acids is 1. The van der Waals surface area contributed by atoms with Crippen LogP contribution in [0.4, 0.5) is 0 Å². The molecular formula is C21H35N6O8P. The van der Waals surface area contributed by atoms with E-state index in [9.17, 15) is 18.9 Å². The third-order valence-corrected chi connectivity index (χ3v) is 7.16. The Labute approximate surface area is 208 Å². The summed E-state index contributed by atoms with van der Waals surface area (Å²) < 4.78 is 36.7. The maximum atomic E-state index is 13.2. The van der Waals surface area contributed by atoms with E-state index in [1.165, 1.54) is 17.7 Å². The highest BCUT2D eigenvalue weighted by atomic mass is 31.2. The van der Waals surface area contributed by atoms with E-state index in [1.807, 2.05) is 0 Å². The van der Waals surface area contributed by atoms with E-state index in [1.54, 1.807) is 41.5 Å². The van der Waals surface area contributed by atoms with Gasteiger partial charge in [0, 0.05) is 23.1 Å². The first-order valence-corrected chi connectivity index (χ1v) is 13.2. The Morgan fingerprint density at radius 3 is 2.42 bits per heavy atom. The number of ether oxygens (including phenoxy) is 2. The van der Waals surface area contributed by atoms with Gasteiger partial charge in [-0.05, 0) is 46.1 Å². The molecule has 1 aromatic heterocycles. The number of nitrogens with zero attached hydrogens (tertiary/aromatic N) is 4. The van der Waals surface area contributed by atoms with Crippen molar-refractivity contribution in [2.75, 3.05) is 6.61 Å². The van der Waals surface area contributed by atoms with Crippen LogP contribution in [0.15, 0.2) is 20.9 Å². The van der Waals surface area contributed by atoms with E-state index < -0.39 is 61.6 Å². The number of aromatic amines is 1. The van der Waals surface area contributed by atoms with Crippen molar-refractivity contribution >= 4 is 13.7 Å². The molecule has 1 fully saturated rings. The molecule has 2 rings (SSSR count). The molecule has 15 heteroatoms. The highest BCUT2D eigenvalue weighted by molar-refractivity contribution is 7.51. The van der Waals surface area contributed by atoms with Crippen molar-refractivity contribution < 1.29 is 27.9 Å². The van der Waals surface area contributed by atoms with Gasteiger partial charge in [0.05, 0.1) is 18.2 Å². The predicted octanol–water partition coefficient (Wildman–Crippen LogP) is 2.93. The average molecular weight is 531 g/mol. The second-order valence-electron chi connectivity index (χ2n) is 9.40. The van der Waals surface area contributed by atoms with Crippen molar-refractivity contribution in [2.45, 2.75) is 91.5 Å². The molecule has 0 radical (unpaired) electrons. The van der Waals surface area contributed by atoms with Gasteiger partial charge in [-0.1, -0.05) is 19.0 Å². The summed E-state index contributed by atoms with van der Waals surface area (Å²) in [6.45, 7) is 11.5. The van der Waals surface area contributed by atoms with Gasteiger partial charge < -0.3 is 9.47 Å². The van der Waals surface area contributed by atoms with Gasteiger partial charge in [0.1, 0.15) is 25.0 Å². The lowest BCUT2D eigenvalue weighted by Crippen LogP contribution is -2.43. The number of esters is 1. The number of hydrogen-bond donors (Lipinski definition) is 2. The summed E-state index contributed by atoms with van der Waals surface area (Å²) in [6.07, 6.45) is -1.08.